The predicted molar refractivity (Wildman–Crippen MR) is 75.2 cm³/mol. The Bertz CT molecular complexity index is 645. The van der Waals surface area contributed by atoms with Gasteiger partial charge in [-0.1, -0.05) is 0 Å². The number of hydrogen-bond acceptors (Lipinski definition) is 10. The minimum Gasteiger partial charge on any atom is -0.405 e. The first-order chi connectivity index (χ1) is 9.37. The molecule has 0 aliphatic rings. The summed E-state index contributed by atoms with van der Waals surface area (Å²) in [7, 11) is -4.34. The number of rotatable bonds is 6. The highest BCUT2D eigenvalue weighted by atomic mass is 31.2. The van der Waals surface area contributed by atoms with Gasteiger partial charge < -0.3 is 42.5 Å². The molecule has 0 spiro atoms. The molecule has 2 aromatic rings. The zero-order chi connectivity index (χ0) is 14.8. The third-order valence-electron chi connectivity index (χ3n) is 2.12. The van der Waals surface area contributed by atoms with E-state index in [1.54, 1.807) is 0 Å². The van der Waals surface area contributed by atoms with Gasteiger partial charge in [-0.25, -0.2) is 15.0 Å². The van der Waals surface area contributed by atoms with E-state index in [1.165, 1.54) is 12.7 Å². The van der Waals surface area contributed by atoms with Crippen LogP contribution in [-0.2, 0) is 9.30 Å². The molecule has 126 valence electrons. The average Bonchev–Trinajstić information content (AvgIpc) is 2.78. The van der Waals surface area contributed by atoms with Crippen molar-refractivity contribution in [1.82, 2.24) is 32.0 Å². The molecular formula is C8H18N7O6P. The number of aliphatic hydroxyl groups excluding tert-OH is 1. The monoisotopic (exact) mass is 339 g/mol. The zero-order valence-corrected chi connectivity index (χ0v) is 12.3. The van der Waals surface area contributed by atoms with E-state index in [0.717, 1.165) is 4.73 Å². The van der Waals surface area contributed by atoms with Crippen LogP contribution in [0.4, 0.5) is 5.82 Å². The molecule has 14 heteroatoms. The fourth-order valence-electron chi connectivity index (χ4n) is 1.30. The summed E-state index contributed by atoms with van der Waals surface area (Å²) in [5, 5.41) is 9.36. The van der Waals surface area contributed by atoms with Gasteiger partial charge in [0.2, 0.25) is 5.65 Å². The van der Waals surface area contributed by atoms with E-state index in [4.69, 9.17) is 20.4 Å². The highest BCUT2D eigenvalue weighted by molar-refractivity contribution is 7.51. The van der Waals surface area contributed by atoms with Crippen molar-refractivity contribution < 1.29 is 29.0 Å². The van der Waals surface area contributed by atoms with Crippen LogP contribution in [0.3, 0.4) is 0 Å². The molecule has 0 aromatic carbocycles. The normalized spacial score (nSPS) is 12.3. The minimum absolute atomic E-state index is 0. The van der Waals surface area contributed by atoms with E-state index < -0.39 is 20.2 Å². The maximum atomic E-state index is 10.6. The molecule has 0 aliphatic carbocycles. The topological polar surface area (TPSA) is 236 Å². The maximum absolute atomic E-state index is 10.6. The van der Waals surface area contributed by atoms with Crippen molar-refractivity contribution in [1.29, 1.82) is 0 Å². The van der Waals surface area contributed by atoms with Crippen LogP contribution in [-0.4, -0.2) is 53.8 Å². The summed E-state index contributed by atoms with van der Waals surface area (Å²) in [6.45, 7) is -0.380. The molecule has 0 saturated carbocycles. The lowest BCUT2D eigenvalue weighted by Gasteiger charge is -2.13. The Morgan fingerprint density at radius 2 is 2.00 bits per heavy atom. The second kappa shape index (κ2) is 7.95. The lowest BCUT2D eigenvalue weighted by molar-refractivity contribution is -0.127. The molecule has 0 bridgehead atoms. The lowest BCUT2D eigenvalue weighted by Crippen LogP contribution is -2.26. The molecule has 13 nitrogen and oxygen atoms in total. The van der Waals surface area contributed by atoms with Gasteiger partial charge in [0.1, 0.15) is 12.7 Å². The predicted octanol–water partition coefficient (Wildman–Crippen LogP) is -1.37. The summed E-state index contributed by atoms with van der Waals surface area (Å²) in [5.41, 5.74) is 6.20. The Morgan fingerprint density at radius 3 is 2.64 bits per heavy atom. The standard InChI is InChI=1S/C8H12N5O6P.2H3N/c9-7-6-8(11-2-10-7)13(3-12-6)19-1-5(14)18-4-20(15,16)17;;/h2-3,5,14H,1,4H2,(H2,9,10,11)(H2,15,16,17);2*1H3. The van der Waals surface area contributed by atoms with E-state index in [2.05, 4.69) is 19.7 Å². The lowest BCUT2D eigenvalue weighted by atomic mass is 10.5. The van der Waals surface area contributed by atoms with Gasteiger partial charge in [-0.3, -0.25) is 4.57 Å². The smallest absolute Gasteiger partial charge is 0.351 e. The average molecular weight is 339 g/mol. The summed E-state index contributed by atoms with van der Waals surface area (Å²) in [6.07, 6.45) is 0.0714. The first-order valence-corrected chi connectivity index (χ1v) is 7.07. The number of imidazole rings is 1. The van der Waals surface area contributed by atoms with Gasteiger partial charge in [0, 0.05) is 0 Å². The van der Waals surface area contributed by atoms with Crippen LogP contribution < -0.4 is 22.9 Å². The Hall–Kier alpha value is -1.86. The Labute approximate surface area is 124 Å². The van der Waals surface area contributed by atoms with E-state index in [0.29, 0.717) is 11.2 Å². The van der Waals surface area contributed by atoms with Gasteiger partial charge in [0.05, 0.1) is 0 Å². The molecule has 0 fully saturated rings. The van der Waals surface area contributed by atoms with Gasteiger partial charge in [-0.15, -0.1) is 0 Å². The first kappa shape index (κ1) is 20.1. The van der Waals surface area contributed by atoms with Crippen molar-refractivity contribution in [2.75, 3.05) is 18.7 Å². The van der Waals surface area contributed by atoms with Gasteiger partial charge in [-0.05, 0) is 0 Å². The van der Waals surface area contributed by atoms with Crippen LogP contribution >= 0.6 is 7.60 Å². The Balaban J connectivity index is 0.00000220. The van der Waals surface area contributed by atoms with Gasteiger partial charge in [0.15, 0.2) is 30.6 Å². The molecule has 0 radical (unpaired) electrons. The van der Waals surface area contributed by atoms with E-state index in [1.807, 2.05) is 0 Å². The number of aromatic nitrogens is 4. The SMILES string of the molecule is N.N.Nc1ncnc2c1ncn2OCC(O)OCP(=O)(O)O. The number of hydrogen-bond donors (Lipinski definition) is 6. The number of ether oxygens (including phenoxy) is 1. The Kier molecular flexibility index (Phi) is 7.28. The first-order valence-electron chi connectivity index (χ1n) is 5.28. The van der Waals surface area contributed by atoms with Gasteiger partial charge in [-0.2, -0.15) is 4.73 Å². The second-order valence-electron chi connectivity index (χ2n) is 3.71. The Morgan fingerprint density at radius 1 is 1.32 bits per heavy atom. The van der Waals surface area contributed by atoms with Crippen molar-refractivity contribution in [2.45, 2.75) is 6.29 Å². The van der Waals surface area contributed by atoms with Crippen LogP contribution in [0.25, 0.3) is 11.2 Å². The number of fused-ring (bicyclic) bond motifs is 1. The van der Waals surface area contributed by atoms with Crippen LogP contribution in [0.1, 0.15) is 0 Å². The molecule has 11 N–H and O–H groups in total. The summed E-state index contributed by atoms with van der Waals surface area (Å²) in [5.74, 6) is 0.177. The number of nitrogens with zero attached hydrogens (tertiary/aromatic N) is 4. The molecule has 2 rings (SSSR count). The molecule has 0 amide bonds. The van der Waals surface area contributed by atoms with Crippen molar-refractivity contribution in [2.24, 2.45) is 0 Å². The van der Waals surface area contributed by atoms with Crippen LogP contribution in [0.2, 0.25) is 0 Å². The largest absolute Gasteiger partial charge is 0.405 e. The van der Waals surface area contributed by atoms with Crippen molar-refractivity contribution in [3.63, 3.8) is 0 Å². The quantitative estimate of drug-likeness (QED) is 0.264. The van der Waals surface area contributed by atoms with Crippen LogP contribution in [0.5, 0.6) is 0 Å². The number of nitrogens with two attached hydrogens (primary N) is 1. The van der Waals surface area contributed by atoms with E-state index in [-0.39, 0.29) is 24.7 Å². The third-order valence-corrected chi connectivity index (χ3v) is 2.61. The fraction of sp³-hybridized carbons (Fsp3) is 0.375. The summed E-state index contributed by atoms with van der Waals surface area (Å²) in [6, 6.07) is 0. The number of aliphatic hydroxyl groups is 1. The second-order valence-corrected chi connectivity index (χ2v) is 5.30. The fourth-order valence-corrected chi connectivity index (χ4v) is 1.67. The molecule has 22 heavy (non-hydrogen) atoms. The molecule has 0 saturated heterocycles. The number of nitrogen functional groups attached to an aromatic ring is 1. The van der Waals surface area contributed by atoms with Crippen LogP contribution in [0.15, 0.2) is 12.7 Å². The molecule has 1 unspecified atom stereocenters. The summed E-state index contributed by atoms with van der Waals surface area (Å²) < 4.78 is 16.2. The molecule has 2 aromatic heterocycles. The zero-order valence-electron chi connectivity index (χ0n) is 11.4. The summed E-state index contributed by atoms with van der Waals surface area (Å²) in [4.78, 5) is 33.9. The van der Waals surface area contributed by atoms with Gasteiger partial charge >= 0.3 is 7.60 Å². The molecule has 2 heterocycles. The van der Waals surface area contributed by atoms with Crippen molar-refractivity contribution in [3.05, 3.63) is 12.7 Å². The molecule has 1 atom stereocenters. The van der Waals surface area contributed by atoms with E-state index in [9.17, 15) is 9.67 Å². The van der Waals surface area contributed by atoms with Crippen molar-refractivity contribution >= 4 is 24.6 Å². The minimum atomic E-state index is -4.34. The number of anilines is 1. The van der Waals surface area contributed by atoms with Crippen LogP contribution in [0, 0.1) is 0 Å². The van der Waals surface area contributed by atoms with Gasteiger partial charge in [0.25, 0.3) is 0 Å². The molecule has 0 aliphatic heterocycles. The summed E-state index contributed by atoms with van der Waals surface area (Å²) >= 11 is 0. The van der Waals surface area contributed by atoms with E-state index >= 15 is 0 Å². The maximum Gasteiger partial charge on any atom is 0.351 e. The third kappa shape index (κ3) is 5.16. The highest BCUT2D eigenvalue weighted by Crippen LogP contribution is 2.34. The molecular weight excluding hydrogens is 321 g/mol. The van der Waals surface area contributed by atoms with Crippen molar-refractivity contribution in [3.8, 4) is 0 Å². The highest BCUT2D eigenvalue weighted by Gasteiger charge is 2.17.